The molecule has 0 heterocycles. The van der Waals surface area contributed by atoms with E-state index in [0.29, 0.717) is 5.56 Å². The van der Waals surface area contributed by atoms with Crippen molar-refractivity contribution in [3.8, 4) is 11.1 Å². The van der Waals surface area contributed by atoms with Gasteiger partial charge in [0.1, 0.15) is 11.4 Å². The molecule has 4 rings (SSSR count). The third-order valence-corrected chi connectivity index (χ3v) is 6.71. The second-order valence-corrected chi connectivity index (χ2v) is 10.3. The van der Waals surface area contributed by atoms with Crippen molar-refractivity contribution < 1.29 is 24.1 Å². The maximum atomic E-state index is 14.6. The van der Waals surface area contributed by atoms with E-state index in [1.165, 1.54) is 22.4 Å². The van der Waals surface area contributed by atoms with Crippen LogP contribution in [0.3, 0.4) is 0 Å². The molecule has 0 spiro atoms. The summed E-state index contributed by atoms with van der Waals surface area (Å²) in [6.45, 7) is 6.09. The summed E-state index contributed by atoms with van der Waals surface area (Å²) < 4.78 is 20.5. The van der Waals surface area contributed by atoms with Crippen LogP contribution in [0.5, 0.6) is 0 Å². The highest BCUT2D eigenvalue weighted by Crippen LogP contribution is 2.34. The van der Waals surface area contributed by atoms with Crippen LogP contribution in [-0.2, 0) is 11.2 Å². The smallest absolute Gasteiger partial charge is 0.339 e. The fraction of sp³-hybridized carbons (Fsp3) is 0.281. The van der Waals surface area contributed by atoms with E-state index in [1.54, 1.807) is 13.0 Å². The van der Waals surface area contributed by atoms with E-state index in [2.05, 4.69) is 49.5 Å². The van der Waals surface area contributed by atoms with Crippen molar-refractivity contribution in [2.45, 2.75) is 44.9 Å². The number of hydrogen-bond donors (Lipinski definition) is 3. The number of carbonyl (C=O) groups is 1. The number of benzene rings is 4. The molecule has 2 atom stereocenters. The lowest BCUT2D eigenvalue weighted by molar-refractivity contribution is -0.00455. The van der Waals surface area contributed by atoms with Gasteiger partial charge >= 0.3 is 5.97 Å². The number of hydrogen-bond acceptors (Lipinski definition) is 4. The van der Waals surface area contributed by atoms with Crippen LogP contribution in [0.2, 0.25) is 0 Å². The Balaban J connectivity index is 1.40. The van der Waals surface area contributed by atoms with Crippen molar-refractivity contribution in [3.63, 3.8) is 0 Å². The summed E-state index contributed by atoms with van der Waals surface area (Å²) in [6, 6.07) is 26.6. The molecule has 0 aromatic heterocycles. The molecule has 0 bridgehead atoms. The molecule has 0 saturated heterocycles. The van der Waals surface area contributed by atoms with Gasteiger partial charge in [0.25, 0.3) is 0 Å². The van der Waals surface area contributed by atoms with E-state index >= 15 is 0 Å². The molecule has 4 aromatic carbocycles. The quantitative estimate of drug-likeness (QED) is 0.216. The highest BCUT2D eigenvalue weighted by Gasteiger charge is 2.26. The Kier molecular flexibility index (Phi) is 8.57. The molecule has 0 amide bonds. The number of ether oxygens (including phenoxy) is 1. The molecule has 38 heavy (non-hydrogen) atoms. The van der Waals surface area contributed by atoms with E-state index in [0.717, 1.165) is 12.0 Å². The predicted octanol–water partition coefficient (Wildman–Crippen LogP) is 6.39. The molecule has 5 nitrogen and oxygen atoms in total. The summed E-state index contributed by atoms with van der Waals surface area (Å²) in [6.07, 6.45) is -0.823. The lowest BCUT2D eigenvalue weighted by Gasteiger charge is -2.29. The molecule has 0 radical (unpaired) electrons. The van der Waals surface area contributed by atoms with Gasteiger partial charge in [-0.3, -0.25) is 0 Å². The van der Waals surface area contributed by atoms with Gasteiger partial charge in [-0.25, -0.2) is 9.18 Å². The Labute approximate surface area is 222 Å². The van der Waals surface area contributed by atoms with Crippen LogP contribution in [0.25, 0.3) is 21.9 Å². The van der Waals surface area contributed by atoms with Gasteiger partial charge in [0.05, 0.1) is 18.8 Å². The highest BCUT2D eigenvalue weighted by atomic mass is 19.1. The van der Waals surface area contributed by atoms with Gasteiger partial charge in [-0.2, -0.15) is 0 Å². The number of aliphatic hydroxyl groups is 1. The number of nitrogens with one attached hydrogen (secondary N) is 1. The normalized spacial score (nSPS) is 13.4. The topological polar surface area (TPSA) is 78.8 Å². The van der Waals surface area contributed by atoms with Gasteiger partial charge in [-0.15, -0.1) is 0 Å². The number of β-amino-alcohol motifs (C(OH)–C–C–N with tert-alkyl or cyclic N) is 1. The summed E-state index contributed by atoms with van der Waals surface area (Å²) in [5.74, 6) is -2.18. The molecule has 0 saturated carbocycles. The molecule has 0 aliphatic carbocycles. The molecule has 6 heteroatoms. The third-order valence-electron chi connectivity index (χ3n) is 6.71. The molecular formula is C32H34FNO4. The molecule has 198 valence electrons. The number of halogens is 1. The summed E-state index contributed by atoms with van der Waals surface area (Å²) in [4.78, 5) is 11.9. The number of fused-ring (bicyclic) bond motifs is 1. The van der Waals surface area contributed by atoms with Crippen molar-refractivity contribution in [2.24, 2.45) is 0 Å². The molecule has 1 unspecified atom stereocenters. The van der Waals surface area contributed by atoms with E-state index in [1.807, 2.05) is 42.5 Å². The van der Waals surface area contributed by atoms with E-state index in [-0.39, 0.29) is 24.3 Å². The predicted molar refractivity (Wildman–Crippen MR) is 149 cm³/mol. The number of carboxylic acid groups (broad SMARTS) is 1. The second kappa shape index (κ2) is 11.9. The minimum Gasteiger partial charge on any atom is -0.478 e. The first-order valence-electron chi connectivity index (χ1n) is 12.8. The van der Waals surface area contributed by atoms with Crippen molar-refractivity contribution in [1.82, 2.24) is 5.32 Å². The minimum absolute atomic E-state index is 0.0377. The molecule has 3 N–H and O–H groups in total. The summed E-state index contributed by atoms with van der Waals surface area (Å²) in [5.41, 5.74) is 2.10. The average molecular weight is 516 g/mol. The largest absolute Gasteiger partial charge is 0.478 e. The third kappa shape index (κ3) is 6.64. The molecule has 0 aliphatic rings. The van der Waals surface area contributed by atoms with Gasteiger partial charge in [0, 0.05) is 17.6 Å². The van der Waals surface area contributed by atoms with Crippen LogP contribution in [0.4, 0.5) is 4.39 Å². The lowest BCUT2D eigenvalue weighted by atomic mass is 9.92. The summed E-state index contributed by atoms with van der Waals surface area (Å²) in [5, 5.41) is 26.2. The van der Waals surface area contributed by atoms with Crippen LogP contribution >= 0.6 is 0 Å². The van der Waals surface area contributed by atoms with Crippen LogP contribution in [0.1, 0.15) is 48.4 Å². The zero-order valence-corrected chi connectivity index (χ0v) is 21.9. The van der Waals surface area contributed by atoms with Crippen molar-refractivity contribution in [1.29, 1.82) is 0 Å². The van der Waals surface area contributed by atoms with E-state index < -0.39 is 29.6 Å². The number of rotatable bonds is 11. The zero-order valence-electron chi connectivity index (χ0n) is 21.9. The van der Waals surface area contributed by atoms with Gasteiger partial charge in [-0.1, -0.05) is 78.9 Å². The maximum absolute atomic E-state index is 14.6. The van der Waals surface area contributed by atoms with E-state index in [4.69, 9.17) is 4.74 Å². The zero-order chi connectivity index (χ0) is 27.3. The van der Waals surface area contributed by atoms with Crippen molar-refractivity contribution in [3.05, 3.63) is 107 Å². The Morgan fingerprint density at radius 3 is 2.37 bits per heavy atom. The first kappa shape index (κ1) is 27.5. The molecular weight excluding hydrogens is 481 g/mol. The fourth-order valence-corrected chi connectivity index (χ4v) is 4.82. The fourth-order valence-electron chi connectivity index (χ4n) is 4.82. The Morgan fingerprint density at radius 1 is 0.974 bits per heavy atom. The number of aromatic carboxylic acids is 1. The van der Waals surface area contributed by atoms with Gasteiger partial charge in [0.2, 0.25) is 0 Å². The van der Waals surface area contributed by atoms with Crippen LogP contribution in [-0.4, -0.2) is 41.0 Å². The molecule has 0 aliphatic heterocycles. The highest BCUT2D eigenvalue weighted by molar-refractivity contribution is 5.93. The average Bonchev–Trinajstić information content (AvgIpc) is 2.90. The van der Waals surface area contributed by atoms with Crippen molar-refractivity contribution in [2.75, 3.05) is 13.2 Å². The lowest BCUT2D eigenvalue weighted by Crippen LogP contribution is -2.46. The van der Waals surface area contributed by atoms with Gasteiger partial charge < -0.3 is 20.3 Å². The maximum Gasteiger partial charge on any atom is 0.339 e. The van der Waals surface area contributed by atoms with Crippen molar-refractivity contribution >= 4 is 16.7 Å². The first-order chi connectivity index (χ1) is 18.1. The minimum atomic E-state index is -1.36. The molecule has 0 fully saturated rings. The summed E-state index contributed by atoms with van der Waals surface area (Å²) >= 11 is 0. The monoisotopic (exact) mass is 515 g/mol. The second-order valence-electron chi connectivity index (χ2n) is 10.3. The van der Waals surface area contributed by atoms with E-state index in [9.17, 15) is 19.4 Å². The Hall–Kier alpha value is -3.58. The molecule has 4 aromatic rings. The van der Waals surface area contributed by atoms with Crippen LogP contribution in [0.15, 0.2) is 84.9 Å². The summed E-state index contributed by atoms with van der Waals surface area (Å²) in [7, 11) is 0. The van der Waals surface area contributed by atoms with Gasteiger partial charge in [-0.05, 0) is 60.7 Å². The Bertz CT molecular complexity index is 1400. The number of carboxylic acids is 1. The standard InChI is InChI=1S/C32H34FNO4/c1-21(29-27(24-10-5-4-6-11-24)15-16-28(33)30(29)31(36)37)38-20-26(35)19-34-32(2,3)18-22-13-14-23-9-7-8-12-25(23)17-22/h4-17,21,26,34-35H,18-20H2,1-3H3,(H,36,37)/t21?,26-/m1/s1. The van der Waals surface area contributed by atoms with Gasteiger partial charge in [0.15, 0.2) is 0 Å². The van der Waals surface area contributed by atoms with Crippen LogP contribution < -0.4 is 5.32 Å². The first-order valence-corrected chi connectivity index (χ1v) is 12.8. The van der Waals surface area contributed by atoms with Crippen LogP contribution in [0, 0.1) is 5.82 Å². The SMILES string of the molecule is CC(OC[C@H](O)CNC(C)(C)Cc1ccc2ccccc2c1)c1c(-c2ccccc2)ccc(F)c1C(=O)O. The Morgan fingerprint density at radius 2 is 1.66 bits per heavy atom. The number of aliphatic hydroxyl groups excluding tert-OH is 1.